The quantitative estimate of drug-likeness (QED) is 0.660. The second-order valence-electron chi connectivity index (χ2n) is 5.66. The Balaban J connectivity index is 2.66. The van der Waals surface area contributed by atoms with Gasteiger partial charge >= 0.3 is 6.18 Å². The smallest absolute Gasteiger partial charge is 0.432 e. The normalized spacial score (nSPS) is 21.4. The summed E-state index contributed by atoms with van der Waals surface area (Å²) in [6.45, 7) is 7.09. The zero-order valence-corrected chi connectivity index (χ0v) is 13.2. The highest BCUT2D eigenvalue weighted by atomic mass is 35.5. The molecule has 21 heavy (non-hydrogen) atoms. The predicted molar refractivity (Wildman–Crippen MR) is 79.0 cm³/mol. The maximum atomic E-state index is 13.4. The van der Waals surface area contributed by atoms with E-state index in [2.05, 4.69) is 0 Å². The van der Waals surface area contributed by atoms with E-state index in [1.807, 2.05) is 13.8 Å². The number of alkyl halides is 3. The van der Waals surface area contributed by atoms with Crippen LogP contribution in [0, 0.1) is 6.92 Å². The highest BCUT2D eigenvalue weighted by molar-refractivity contribution is 6.31. The van der Waals surface area contributed by atoms with Gasteiger partial charge in [-0.05, 0) is 42.5 Å². The lowest BCUT2D eigenvalue weighted by Crippen LogP contribution is -2.49. The van der Waals surface area contributed by atoms with E-state index in [0.717, 1.165) is 11.6 Å². The SMILES string of the molecule is CCC1(C(F)(F)F)C=Cc2c(c(C)cc(Cl)c2C(C)C)O1. The van der Waals surface area contributed by atoms with Crippen molar-refractivity contribution in [3.8, 4) is 5.75 Å². The first-order chi connectivity index (χ1) is 9.63. The fourth-order valence-corrected chi connectivity index (χ4v) is 3.15. The van der Waals surface area contributed by atoms with Gasteiger partial charge in [0.25, 0.3) is 0 Å². The van der Waals surface area contributed by atoms with Crippen LogP contribution in [-0.4, -0.2) is 11.8 Å². The highest BCUT2D eigenvalue weighted by Gasteiger charge is 2.55. The number of fused-ring (bicyclic) bond motifs is 1. The molecule has 1 nitrogen and oxygen atoms in total. The molecule has 0 aliphatic carbocycles. The number of halogens is 4. The van der Waals surface area contributed by atoms with Gasteiger partial charge in [0.05, 0.1) is 0 Å². The van der Waals surface area contributed by atoms with E-state index in [0.29, 0.717) is 16.1 Å². The first-order valence-electron chi connectivity index (χ1n) is 6.91. The van der Waals surface area contributed by atoms with Gasteiger partial charge in [0.1, 0.15) is 5.75 Å². The lowest BCUT2D eigenvalue weighted by molar-refractivity contribution is -0.230. The molecule has 1 heterocycles. The molecule has 1 unspecified atom stereocenters. The van der Waals surface area contributed by atoms with E-state index in [4.69, 9.17) is 16.3 Å². The van der Waals surface area contributed by atoms with Gasteiger partial charge in [0, 0.05) is 10.6 Å². The molecule has 1 aromatic carbocycles. The summed E-state index contributed by atoms with van der Waals surface area (Å²) in [5.74, 6) is 0.380. The summed E-state index contributed by atoms with van der Waals surface area (Å²) < 4.78 is 45.5. The molecule has 0 saturated heterocycles. The maximum Gasteiger partial charge on any atom is 0.432 e. The molecule has 116 valence electrons. The summed E-state index contributed by atoms with van der Waals surface area (Å²) >= 11 is 6.24. The number of ether oxygens (including phenoxy) is 1. The number of hydrogen-bond acceptors (Lipinski definition) is 1. The zero-order valence-electron chi connectivity index (χ0n) is 12.4. The molecular formula is C16H18ClF3O. The predicted octanol–water partition coefficient (Wildman–Crippen LogP) is 5.89. The summed E-state index contributed by atoms with van der Waals surface area (Å²) in [7, 11) is 0. The van der Waals surface area contributed by atoms with Crippen LogP contribution in [0.1, 0.15) is 49.8 Å². The third kappa shape index (κ3) is 2.54. The van der Waals surface area contributed by atoms with Gasteiger partial charge in [-0.25, -0.2) is 0 Å². The van der Waals surface area contributed by atoms with Gasteiger partial charge < -0.3 is 4.74 Å². The van der Waals surface area contributed by atoms with E-state index >= 15 is 0 Å². The Morgan fingerprint density at radius 2 is 1.95 bits per heavy atom. The van der Waals surface area contributed by atoms with Crippen molar-refractivity contribution in [1.29, 1.82) is 0 Å². The van der Waals surface area contributed by atoms with Gasteiger partial charge in [-0.1, -0.05) is 38.4 Å². The first kappa shape index (κ1) is 16.2. The second kappa shape index (κ2) is 5.24. The van der Waals surface area contributed by atoms with E-state index in [-0.39, 0.29) is 18.1 Å². The monoisotopic (exact) mass is 318 g/mol. The number of benzene rings is 1. The van der Waals surface area contributed by atoms with Crippen LogP contribution in [-0.2, 0) is 0 Å². The summed E-state index contributed by atoms with van der Waals surface area (Å²) in [5.41, 5.74) is -0.165. The van der Waals surface area contributed by atoms with E-state index in [1.165, 1.54) is 13.0 Å². The number of rotatable bonds is 2. The average molecular weight is 319 g/mol. The molecule has 0 aromatic heterocycles. The molecule has 1 aromatic rings. The van der Waals surface area contributed by atoms with Crippen molar-refractivity contribution in [1.82, 2.24) is 0 Å². The minimum absolute atomic E-state index is 0.0973. The van der Waals surface area contributed by atoms with Gasteiger partial charge in [0.2, 0.25) is 5.60 Å². The standard InChI is InChI=1S/C16H18ClF3O/c1-5-15(16(18,19)20)7-6-11-13(9(2)3)12(17)8-10(4)14(11)21-15/h6-9H,5H2,1-4H3. The molecule has 5 heteroatoms. The Hall–Kier alpha value is -1.16. The summed E-state index contributed by atoms with van der Waals surface area (Å²) in [4.78, 5) is 0. The van der Waals surface area contributed by atoms with Crippen molar-refractivity contribution < 1.29 is 17.9 Å². The summed E-state index contributed by atoms with van der Waals surface area (Å²) in [6, 6.07) is 1.67. The molecule has 0 fully saturated rings. The van der Waals surface area contributed by atoms with Crippen molar-refractivity contribution in [3.63, 3.8) is 0 Å². The van der Waals surface area contributed by atoms with Gasteiger partial charge in [0.15, 0.2) is 0 Å². The van der Waals surface area contributed by atoms with Crippen LogP contribution < -0.4 is 4.74 Å². The Bertz CT molecular complexity index is 590. The van der Waals surface area contributed by atoms with Crippen LogP contribution in [0.25, 0.3) is 6.08 Å². The van der Waals surface area contributed by atoms with Crippen LogP contribution >= 0.6 is 11.6 Å². The molecule has 0 radical (unpaired) electrons. The average Bonchev–Trinajstić information content (AvgIpc) is 2.36. The van der Waals surface area contributed by atoms with Crippen molar-refractivity contribution >= 4 is 17.7 Å². The second-order valence-corrected chi connectivity index (χ2v) is 6.07. The molecule has 1 atom stereocenters. The van der Waals surface area contributed by atoms with Crippen LogP contribution in [0.3, 0.4) is 0 Å². The number of aryl methyl sites for hydroxylation is 1. The summed E-state index contributed by atoms with van der Waals surface area (Å²) in [6.07, 6.45) is -2.02. The lowest BCUT2D eigenvalue weighted by atomic mass is 9.88. The topological polar surface area (TPSA) is 9.23 Å². The van der Waals surface area contributed by atoms with Crippen molar-refractivity contribution in [3.05, 3.63) is 33.9 Å². The largest absolute Gasteiger partial charge is 0.473 e. The van der Waals surface area contributed by atoms with Crippen LogP contribution in [0.15, 0.2) is 12.1 Å². The molecule has 0 amide bonds. The molecule has 0 bridgehead atoms. The van der Waals surface area contributed by atoms with Crippen LogP contribution in [0.4, 0.5) is 13.2 Å². The van der Waals surface area contributed by atoms with Crippen LogP contribution in [0.5, 0.6) is 5.75 Å². The van der Waals surface area contributed by atoms with E-state index < -0.39 is 11.8 Å². The fraction of sp³-hybridized carbons (Fsp3) is 0.500. The Morgan fingerprint density at radius 1 is 1.33 bits per heavy atom. The molecule has 0 spiro atoms. The Morgan fingerprint density at radius 3 is 2.43 bits per heavy atom. The minimum atomic E-state index is -4.46. The molecular weight excluding hydrogens is 301 g/mol. The van der Waals surface area contributed by atoms with E-state index in [9.17, 15) is 13.2 Å². The van der Waals surface area contributed by atoms with E-state index in [1.54, 1.807) is 13.0 Å². The molecule has 0 saturated carbocycles. The number of hydrogen-bond donors (Lipinski definition) is 0. The molecule has 0 N–H and O–H groups in total. The third-order valence-electron chi connectivity index (χ3n) is 3.88. The van der Waals surface area contributed by atoms with Crippen molar-refractivity contribution in [2.24, 2.45) is 0 Å². The van der Waals surface area contributed by atoms with Crippen molar-refractivity contribution in [2.45, 2.75) is 51.8 Å². The lowest BCUT2D eigenvalue weighted by Gasteiger charge is -2.37. The third-order valence-corrected chi connectivity index (χ3v) is 4.19. The van der Waals surface area contributed by atoms with Crippen molar-refractivity contribution in [2.75, 3.05) is 0 Å². The molecule has 1 aliphatic rings. The zero-order chi connectivity index (χ0) is 16.0. The van der Waals surface area contributed by atoms with Gasteiger partial charge in [-0.2, -0.15) is 13.2 Å². The maximum absolute atomic E-state index is 13.4. The first-order valence-corrected chi connectivity index (χ1v) is 7.28. The Labute approximate surface area is 127 Å². The van der Waals surface area contributed by atoms with Gasteiger partial charge in [-0.3, -0.25) is 0 Å². The molecule has 1 aliphatic heterocycles. The van der Waals surface area contributed by atoms with Crippen LogP contribution in [0.2, 0.25) is 5.02 Å². The van der Waals surface area contributed by atoms with Gasteiger partial charge in [-0.15, -0.1) is 0 Å². The fourth-order valence-electron chi connectivity index (χ4n) is 2.66. The summed E-state index contributed by atoms with van der Waals surface area (Å²) in [5, 5.41) is 0.561. The highest BCUT2D eigenvalue weighted by Crippen LogP contribution is 2.47. The minimum Gasteiger partial charge on any atom is -0.473 e. The molecule has 2 rings (SSSR count). The Kier molecular flexibility index (Phi) is 4.04.